The van der Waals surface area contributed by atoms with Crippen LogP contribution in [-0.2, 0) is 6.18 Å². The molecule has 3 aromatic rings. The van der Waals surface area contributed by atoms with Crippen LogP contribution >= 0.6 is 12.4 Å². The summed E-state index contributed by atoms with van der Waals surface area (Å²) in [7, 11) is 1.74. The molecule has 0 atom stereocenters. The molecule has 150 valence electrons. The van der Waals surface area contributed by atoms with Gasteiger partial charge in [-0.3, -0.25) is 4.79 Å². The van der Waals surface area contributed by atoms with Gasteiger partial charge in [-0.2, -0.15) is 13.2 Å². The topological polar surface area (TPSA) is 80.0 Å². The normalized spacial score (nSPS) is 11.3. The van der Waals surface area contributed by atoms with Gasteiger partial charge >= 0.3 is 6.18 Å². The molecule has 2 aromatic heterocycles. The number of rotatable bonds is 5. The van der Waals surface area contributed by atoms with Crippen molar-refractivity contribution in [1.82, 2.24) is 20.8 Å². The minimum absolute atomic E-state index is 0. The van der Waals surface area contributed by atoms with Crippen molar-refractivity contribution < 1.29 is 22.5 Å². The molecule has 28 heavy (non-hydrogen) atoms. The van der Waals surface area contributed by atoms with Gasteiger partial charge in [0, 0.05) is 18.7 Å². The molecule has 1 aromatic carbocycles. The second-order valence-electron chi connectivity index (χ2n) is 5.91. The minimum Gasteiger partial charge on any atom is -0.351 e. The van der Waals surface area contributed by atoms with Crippen LogP contribution in [0.4, 0.5) is 13.2 Å². The molecule has 0 aliphatic carbocycles. The second-order valence-corrected chi connectivity index (χ2v) is 5.91. The van der Waals surface area contributed by atoms with E-state index in [4.69, 9.17) is 4.52 Å². The van der Waals surface area contributed by atoms with Crippen LogP contribution in [0, 0.1) is 6.92 Å². The Morgan fingerprint density at radius 1 is 1.21 bits per heavy atom. The van der Waals surface area contributed by atoms with E-state index in [2.05, 4.69) is 20.8 Å². The molecule has 3 rings (SSSR count). The van der Waals surface area contributed by atoms with Crippen molar-refractivity contribution in [3.05, 3.63) is 47.2 Å². The van der Waals surface area contributed by atoms with Gasteiger partial charge in [-0.25, -0.2) is 4.98 Å². The lowest BCUT2D eigenvalue weighted by molar-refractivity contribution is -0.137. The summed E-state index contributed by atoms with van der Waals surface area (Å²) in [5, 5.41) is 9.78. The molecule has 0 aliphatic heterocycles. The van der Waals surface area contributed by atoms with E-state index in [0.717, 1.165) is 6.07 Å². The van der Waals surface area contributed by atoms with E-state index in [1.54, 1.807) is 14.0 Å². The fourth-order valence-corrected chi connectivity index (χ4v) is 2.76. The maximum Gasteiger partial charge on any atom is 0.417 e. The number of aryl methyl sites for hydroxylation is 1. The van der Waals surface area contributed by atoms with Crippen LogP contribution in [0.25, 0.3) is 22.4 Å². The number of nitrogens with one attached hydrogen (secondary N) is 2. The van der Waals surface area contributed by atoms with Crippen LogP contribution in [0.3, 0.4) is 0 Å². The molecule has 0 fully saturated rings. The number of likely N-dealkylation sites (N-methyl/N-ethyl adjacent to an activating group) is 1. The van der Waals surface area contributed by atoms with E-state index in [1.807, 2.05) is 0 Å². The summed E-state index contributed by atoms with van der Waals surface area (Å²) in [6.07, 6.45) is -4.56. The quantitative estimate of drug-likeness (QED) is 0.624. The number of carbonyl (C=O) groups excluding carboxylic acids is 1. The number of amides is 1. The van der Waals surface area contributed by atoms with Crippen molar-refractivity contribution in [3.8, 4) is 11.3 Å². The molecule has 0 saturated carbocycles. The first-order valence-corrected chi connectivity index (χ1v) is 8.19. The number of alkyl halides is 3. The predicted molar refractivity (Wildman–Crippen MR) is 100 cm³/mol. The van der Waals surface area contributed by atoms with Crippen molar-refractivity contribution in [2.75, 3.05) is 20.1 Å². The fourth-order valence-electron chi connectivity index (χ4n) is 2.76. The number of pyridine rings is 1. The molecule has 2 heterocycles. The van der Waals surface area contributed by atoms with Crippen molar-refractivity contribution in [3.63, 3.8) is 0 Å². The van der Waals surface area contributed by atoms with Crippen LogP contribution in [0.2, 0.25) is 0 Å². The molecule has 0 saturated heterocycles. The third-order valence-electron chi connectivity index (χ3n) is 4.03. The smallest absolute Gasteiger partial charge is 0.351 e. The van der Waals surface area contributed by atoms with Crippen molar-refractivity contribution >= 4 is 29.4 Å². The van der Waals surface area contributed by atoms with Gasteiger partial charge in [-0.1, -0.05) is 23.4 Å². The third kappa shape index (κ3) is 4.26. The number of aromatic nitrogens is 2. The SMILES string of the molecule is CNCCNC(=O)c1cc(-c2ccccc2C(F)(F)F)nc2onc(C)c12.Cl. The Hall–Kier alpha value is -2.65. The summed E-state index contributed by atoms with van der Waals surface area (Å²) >= 11 is 0. The van der Waals surface area contributed by atoms with Crippen LogP contribution in [-0.4, -0.2) is 36.2 Å². The first kappa shape index (κ1) is 21.6. The highest BCUT2D eigenvalue weighted by atomic mass is 35.5. The predicted octanol–water partition coefficient (Wildman–Crippen LogP) is 3.59. The summed E-state index contributed by atoms with van der Waals surface area (Å²) in [5.41, 5.74) is -0.361. The maximum atomic E-state index is 13.4. The lowest BCUT2D eigenvalue weighted by Crippen LogP contribution is -2.30. The number of hydrogen-bond donors (Lipinski definition) is 2. The van der Waals surface area contributed by atoms with Gasteiger partial charge in [0.05, 0.1) is 27.9 Å². The van der Waals surface area contributed by atoms with E-state index in [9.17, 15) is 18.0 Å². The highest BCUT2D eigenvalue weighted by Crippen LogP contribution is 2.37. The Kier molecular flexibility index (Phi) is 6.63. The largest absolute Gasteiger partial charge is 0.417 e. The Morgan fingerprint density at radius 3 is 2.61 bits per heavy atom. The average Bonchev–Trinajstić information content (AvgIpc) is 3.01. The number of carbonyl (C=O) groups is 1. The number of halogens is 4. The van der Waals surface area contributed by atoms with Gasteiger partial charge in [-0.15, -0.1) is 12.4 Å². The average molecular weight is 415 g/mol. The number of hydrogen-bond acceptors (Lipinski definition) is 5. The lowest BCUT2D eigenvalue weighted by Gasteiger charge is -2.13. The Morgan fingerprint density at radius 2 is 1.93 bits per heavy atom. The summed E-state index contributed by atoms with van der Waals surface area (Å²) < 4.78 is 45.2. The van der Waals surface area contributed by atoms with Gasteiger partial charge < -0.3 is 15.2 Å². The molecule has 0 aliphatic rings. The molecule has 0 radical (unpaired) electrons. The molecular weight excluding hydrogens is 397 g/mol. The summed E-state index contributed by atoms with van der Waals surface area (Å²) in [6.45, 7) is 2.55. The zero-order chi connectivity index (χ0) is 19.6. The molecule has 10 heteroatoms. The van der Waals surface area contributed by atoms with E-state index < -0.39 is 17.6 Å². The Bertz CT molecular complexity index is 989. The number of nitrogens with zero attached hydrogens (tertiary/aromatic N) is 2. The van der Waals surface area contributed by atoms with Gasteiger partial charge in [0.2, 0.25) is 0 Å². The Balaban J connectivity index is 0.00000280. The van der Waals surface area contributed by atoms with Gasteiger partial charge in [0.15, 0.2) is 0 Å². The zero-order valence-electron chi connectivity index (χ0n) is 15.1. The van der Waals surface area contributed by atoms with Crippen molar-refractivity contribution in [1.29, 1.82) is 0 Å². The van der Waals surface area contributed by atoms with Gasteiger partial charge in [0.1, 0.15) is 0 Å². The summed E-state index contributed by atoms with van der Waals surface area (Å²) in [5.74, 6) is -0.435. The molecule has 0 unspecified atom stereocenters. The van der Waals surface area contributed by atoms with Crippen molar-refractivity contribution in [2.24, 2.45) is 0 Å². The van der Waals surface area contributed by atoms with Crippen molar-refractivity contribution in [2.45, 2.75) is 13.1 Å². The molecule has 0 bridgehead atoms. The molecule has 0 spiro atoms. The van der Waals surface area contributed by atoms with E-state index in [-0.39, 0.29) is 34.9 Å². The fraction of sp³-hybridized carbons (Fsp3) is 0.278. The Labute approximate surface area is 164 Å². The first-order valence-electron chi connectivity index (χ1n) is 8.19. The molecule has 2 N–H and O–H groups in total. The second kappa shape index (κ2) is 8.57. The highest BCUT2D eigenvalue weighted by molar-refractivity contribution is 6.07. The number of benzene rings is 1. The van der Waals surface area contributed by atoms with Gasteiger partial charge in [-0.05, 0) is 26.1 Å². The first-order chi connectivity index (χ1) is 12.8. The third-order valence-corrected chi connectivity index (χ3v) is 4.03. The maximum absolute atomic E-state index is 13.4. The zero-order valence-corrected chi connectivity index (χ0v) is 15.9. The molecular formula is C18H18ClF3N4O2. The van der Waals surface area contributed by atoms with Crippen LogP contribution in [0.15, 0.2) is 34.9 Å². The monoisotopic (exact) mass is 414 g/mol. The van der Waals surface area contributed by atoms with Crippen LogP contribution in [0.5, 0.6) is 0 Å². The standard InChI is InChI=1S/C18H17F3N4O2.ClH/c1-10-15-12(16(26)23-8-7-22-2)9-14(24-17(15)27-25-10)11-5-3-4-6-13(11)18(19,20)21;/h3-6,9,22H,7-8H2,1-2H3,(H,23,26);1H. The minimum atomic E-state index is -4.56. The lowest BCUT2D eigenvalue weighted by atomic mass is 10.0. The van der Waals surface area contributed by atoms with E-state index in [1.165, 1.54) is 24.3 Å². The summed E-state index contributed by atoms with van der Waals surface area (Å²) in [4.78, 5) is 16.7. The van der Waals surface area contributed by atoms with Crippen LogP contribution in [0.1, 0.15) is 21.6 Å². The van der Waals surface area contributed by atoms with Crippen LogP contribution < -0.4 is 10.6 Å². The molecule has 1 amide bonds. The van der Waals surface area contributed by atoms with E-state index in [0.29, 0.717) is 24.2 Å². The van der Waals surface area contributed by atoms with Gasteiger partial charge in [0.25, 0.3) is 11.6 Å². The molecule has 6 nitrogen and oxygen atoms in total. The highest BCUT2D eigenvalue weighted by Gasteiger charge is 2.34. The number of fused-ring (bicyclic) bond motifs is 1. The van der Waals surface area contributed by atoms with E-state index >= 15 is 0 Å². The summed E-state index contributed by atoms with van der Waals surface area (Å²) in [6, 6.07) is 6.40.